The molecule has 0 fully saturated rings. The highest BCUT2D eigenvalue weighted by Crippen LogP contribution is 2.46. The van der Waals surface area contributed by atoms with E-state index in [1.165, 1.54) is 0 Å². The normalized spacial score (nSPS) is 15.5. The molecule has 37 heavy (non-hydrogen) atoms. The Labute approximate surface area is 237 Å². The highest BCUT2D eigenvalue weighted by Gasteiger charge is 2.40. The molecule has 0 bridgehead atoms. The molecule has 3 nitrogen and oxygen atoms in total. The molecule has 4 rings (SSSR count). The van der Waals surface area contributed by atoms with E-state index in [1.807, 2.05) is 117 Å². The lowest BCUT2D eigenvalue weighted by atomic mass is 9.86. The second-order valence-corrected chi connectivity index (χ2v) is 13.6. The minimum absolute atomic E-state index is 0.186. The predicted molar refractivity (Wildman–Crippen MR) is 161 cm³/mol. The van der Waals surface area contributed by atoms with Gasteiger partial charge in [0, 0.05) is 14.3 Å². The van der Waals surface area contributed by atoms with E-state index in [9.17, 15) is 8.42 Å². The van der Waals surface area contributed by atoms with Gasteiger partial charge in [-0.3, -0.25) is 0 Å². The van der Waals surface area contributed by atoms with Crippen LogP contribution in [0.4, 0.5) is 0 Å². The lowest BCUT2D eigenvalue weighted by Gasteiger charge is -2.39. The fraction of sp³-hybridized carbons (Fsp3) is 0.200. The van der Waals surface area contributed by atoms with Crippen molar-refractivity contribution in [3.8, 4) is 0 Å². The number of benzene rings is 4. The topological polar surface area (TPSA) is 46.2 Å². The molecule has 1 N–H and O–H groups in total. The summed E-state index contributed by atoms with van der Waals surface area (Å²) in [6.07, 6.45) is 2.05. The van der Waals surface area contributed by atoms with Crippen LogP contribution in [-0.2, 0) is 27.3 Å². The average Bonchev–Trinajstić information content (AvgIpc) is 2.90. The van der Waals surface area contributed by atoms with E-state index in [0.717, 1.165) is 36.5 Å². The molecular formula is C30H30BrNO2S3. The summed E-state index contributed by atoms with van der Waals surface area (Å²) in [7, 11) is -2.83. The lowest BCUT2D eigenvalue weighted by molar-refractivity contribution is 0.431. The molecule has 0 saturated carbocycles. The molecule has 0 aliphatic carbocycles. The van der Waals surface area contributed by atoms with Crippen LogP contribution in [0, 0.1) is 13.8 Å². The molecule has 192 valence electrons. The van der Waals surface area contributed by atoms with Gasteiger partial charge in [-0.25, -0.2) is 13.1 Å². The van der Waals surface area contributed by atoms with Crippen LogP contribution < -0.4 is 4.72 Å². The second-order valence-electron chi connectivity index (χ2n) is 9.13. The van der Waals surface area contributed by atoms with Gasteiger partial charge in [0.15, 0.2) is 0 Å². The molecule has 0 amide bonds. The number of hydrogen-bond acceptors (Lipinski definition) is 3. The Kier molecular flexibility index (Phi) is 9.24. The van der Waals surface area contributed by atoms with Gasteiger partial charge in [-0.1, -0.05) is 81.7 Å². The van der Waals surface area contributed by atoms with Gasteiger partial charge in [-0.15, -0.1) is 0 Å². The monoisotopic (exact) mass is 611 g/mol. The van der Waals surface area contributed by atoms with Crippen molar-refractivity contribution in [3.63, 3.8) is 0 Å². The lowest BCUT2D eigenvalue weighted by Crippen LogP contribution is -2.45. The molecular weight excluding hydrogens is 582 g/mol. The Bertz CT molecular complexity index is 1410. The van der Waals surface area contributed by atoms with Crippen LogP contribution in [0.1, 0.15) is 34.4 Å². The van der Waals surface area contributed by atoms with Crippen LogP contribution in [0.15, 0.2) is 116 Å². The molecule has 4 atom stereocenters. The maximum atomic E-state index is 13.8. The first-order valence-electron chi connectivity index (χ1n) is 11.9. The van der Waals surface area contributed by atoms with Crippen molar-refractivity contribution in [2.75, 3.05) is 6.26 Å². The number of hydrogen-bond donors (Lipinski definition) is 1. The molecule has 0 heterocycles. The van der Waals surface area contributed by atoms with Crippen LogP contribution in [0.2, 0.25) is 0 Å². The van der Waals surface area contributed by atoms with E-state index in [1.54, 1.807) is 11.8 Å². The number of aryl methyl sites for hydroxylation is 2. The van der Waals surface area contributed by atoms with E-state index >= 15 is 0 Å². The van der Waals surface area contributed by atoms with E-state index in [0.29, 0.717) is 4.90 Å². The van der Waals surface area contributed by atoms with E-state index in [4.69, 9.17) is 0 Å². The third-order valence-corrected chi connectivity index (χ3v) is 10.9. The Hall–Kier alpha value is -2.03. The summed E-state index contributed by atoms with van der Waals surface area (Å²) in [5.74, 6) is 0. The summed E-state index contributed by atoms with van der Waals surface area (Å²) in [5.41, 5.74) is 3.44. The molecule has 7 heteroatoms. The second kappa shape index (κ2) is 12.2. The third kappa shape index (κ3) is 6.35. The van der Waals surface area contributed by atoms with Gasteiger partial charge < -0.3 is 0 Å². The fourth-order valence-corrected chi connectivity index (χ4v) is 8.20. The molecule has 0 spiro atoms. The van der Waals surface area contributed by atoms with Crippen molar-refractivity contribution >= 4 is 49.5 Å². The van der Waals surface area contributed by atoms with Crippen LogP contribution in [0.3, 0.4) is 0 Å². The summed E-state index contributed by atoms with van der Waals surface area (Å²) in [5, 5.41) is -0.186. The molecule has 4 aromatic rings. The molecule has 0 unspecified atom stereocenters. The van der Waals surface area contributed by atoms with Gasteiger partial charge in [0.25, 0.3) is 0 Å². The molecule has 4 aromatic carbocycles. The summed E-state index contributed by atoms with van der Waals surface area (Å²) in [4.78, 5) is 2.24. The van der Waals surface area contributed by atoms with Crippen LogP contribution in [0.5, 0.6) is 0 Å². The molecule has 0 aromatic heterocycles. The van der Waals surface area contributed by atoms with Crippen molar-refractivity contribution in [2.45, 2.75) is 46.2 Å². The Balaban J connectivity index is 1.82. The number of nitrogens with one attached hydrogen (secondary N) is 1. The summed E-state index contributed by atoms with van der Waals surface area (Å²) < 4.78 is 31.9. The summed E-state index contributed by atoms with van der Waals surface area (Å²) in [6, 6.07) is 31.5. The van der Waals surface area contributed by atoms with Gasteiger partial charge in [0.05, 0.1) is 26.5 Å². The first kappa shape index (κ1) is 28.0. The van der Waals surface area contributed by atoms with E-state index in [2.05, 4.69) is 27.6 Å². The van der Waals surface area contributed by atoms with E-state index in [-0.39, 0.29) is 5.25 Å². The zero-order chi connectivity index (χ0) is 26.6. The van der Waals surface area contributed by atoms with Gasteiger partial charge in [0.2, 0.25) is 0 Å². The first-order valence-corrected chi connectivity index (χ1v) is 16.2. The highest BCUT2D eigenvalue weighted by molar-refractivity contribution is 9.10. The minimum atomic E-state index is -1.47. The minimum Gasteiger partial charge on any atom is -0.249 e. The smallest absolute Gasteiger partial charge is 0.125 e. The quantitative estimate of drug-likeness (QED) is 0.209. The Morgan fingerprint density at radius 2 is 1.32 bits per heavy atom. The third-order valence-electron chi connectivity index (χ3n) is 6.38. The van der Waals surface area contributed by atoms with Crippen LogP contribution in [0.25, 0.3) is 0 Å². The highest BCUT2D eigenvalue weighted by atomic mass is 79.9. The Morgan fingerprint density at radius 3 is 1.89 bits per heavy atom. The van der Waals surface area contributed by atoms with Gasteiger partial charge in [-0.05, 0) is 80.6 Å². The SMILES string of the molecule is CS[C@H](c1ccccc1[S@@](=O)c1ccc(C)cc1)[C@](C)(N[S@@](=O)c1ccc(C)cc1)c1ccc(Br)cc1. The zero-order valence-corrected chi connectivity index (χ0v) is 25.3. The van der Waals surface area contributed by atoms with Gasteiger partial charge >= 0.3 is 0 Å². The largest absolute Gasteiger partial charge is 0.249 e. The standard InChI is InChI=1S/C30H30BrNO2S3/c1-21-9-17-25(18-10-21)36(33)28-8-6-5-7-27(28)29(35-4)30(3,23-13-15-24(31)16-14-23)32-37(34)26-19-11-22(2)12-20-26/h5-20,29,32H,1-4H3/t29-,30-,36+,37+/m1/s1. The van der Waals surface area contributed by atoms with Crippen LogP contribution in [-0.4, -0.2) is 14.7 Å². The molecule has 0 radical (unpaired) electrons. The van der Waals surface area contributed by atoms with Gasteiger partial charge in [-0.2, -0.15) is 11.8 Å². The van der Waals surface area contributed by atoms with Crippen LogP contribution >= 0.6 is 27.7 Å². The maximum absolute atomic E-state index is 13.8. The van der Waals surface area contributed by atoms with Crippen molar-refractivity contribution in [3.05, 3.63) is 124 Å². The number of halogens is 1. The van der Waals surface area contributed by atoms with Crippen molar-refractivity contribution < 1.29 is 8.42 Å². The first-order chi connectivity index (χ1) is 17.7. The summed E-state index contributed by atoms with van der Waals surface area (Å²) >= 11 is 5.20. The predicted octanol–water partition coefficient (Wildman–Crippen LogP) is 7.86. The Morgan fingerprint density at radius 1 is 0.784 bits per heavy atom. The van der Waals surface area contributed by atoms with Crippen molar-refractivity contribution in [2.24, 2.45) is 0 Å². The van der Waals surface area contributed by atoms with Gasteiger partial charge in [0.1, 0.15) is 11.0 Å². The van der Waals surface area contributed by atoms with Crippen molar-refractivity contribution in [1.82, 2.24) is 4.72 Å². The molecule has 0 aliphatic rings. The van der Waals surface area contributed by atoms with E-state index < -0.39 is 27.3 Å². The summed E-state index contributed by atoms with van der Waals surface area (Å²) in [6.45, 7) is 6.11. The average molecular weight is 613 g/mol. The molecule has 0 saturated heterocycles. The number of thioether (sulfide) groups is 1. The van der Waals surface area contributed by atoms with Crippen molar-refractivity contribution in [1.29, 1.82) is 0 Å². The number of rotatable bonds is 9. The maximum Gasteiger partial charge on any atom is 0.125 e. The molecule has 0 aliphatic heterocycles. The zero-order valence-electron chi connectivity index (χ0n) is 21.2. The fourth-order valence-electron chi connectivity index (χ4n) is 4.30.